The van der Waals surface area contributed by atoms with E-state index in [1.165, 1.54) is 23.1 Å². The predicted molar refractivity (Wildman–Crippen MR) is 65.6 cm³/mol. The highest BCUT2D eigenvalue weighted by Crippen LogP contribution is 2.22. The van der Waals surface area contributed by atoms with Crippen LogP contribution < -0.4 is 10.2 Å². The van der Waals surface area contributed by atoms with E-state index in [4.69, 9.17) is 0 Å². The summed E-state index contributed by atoms with van der Waals surface area (Å²) < 4.78 is 13.2. The molecule has 0 aliphatic carbocycles. The van der Waals surface area contributed by atoms with Crippen LogP contribution in [0.15, 0.2) is 24.3 Å². The molecule has 18 heavy (non-hydrogen) atoms. The Morgan fingerprint density at radius 3 is 2.72 bits per heavy atom. The molecule has 1 aromatic rings. The molecule has 1 heterocycles. The molecule has 96 valence electrons. The van der Waals surface area contributed by atoms with Crippen LogP contribution >= 0.6 is 0 Å². The van der Waals surface area contributed by atoms with E-state index in [-0.39, 0.29) is 11.8 Å². The van der Waals surface area contributed by atoms with Crippen molar-refractivity contribution in [2.24, 2.45) is 0 Å². The van der Waals surface area contributed by atoms with Crippen LogP contribution in [0, 0.1) is 5.82 Å². The maximum absolute atomic E-state index is 13.2. The normalized spacial score (nSPS) is 24.1. The van der Waals surface area contributed by atoms with Crippen LogP contribution in [-0.4, -0.2) is 23.9 Å². The van der Waals surface area contributed by atoms with Gasteiger partial charge in [-0.05, 0) is 31.5 Å². The van der Waals surface area contributed by atoms with E-state index in [2.05, 4.69) is 5.32 Å². The molecule has 5 heteroatoms. The maximum Gasteiger partial charge on any atom is 0.250 e. The number of piperazine rings is 1. The number of carbonyl (C=O) groups is 2. The first-order chi connectivity index (χ1) is 8.54. The Morgan fingerprint density at radius 2 is 2.11 bits per heavy atom. The molecule has 1 fully saturated rings. The maximum atomic E-state index is 13.2. The van der Waals surface area contributed by atoms with Crippen molar-refractivity contribution in [3.8, 4) is 0 Å². The Hall–Kier alpha value is -1.91. The van der Waals surface area contributed by atoms with Gasteiger partial charge in [-0.25, -0.2) is 4.39 Å². The van der Waals surface area contributed by atoms with E-state index >= 15 is 0 Å². The zero-order valence-corrected chi connectivity index (χ0v) is 10.3. The van der Waals surface area contributed by atoms with E-state index in [1.807, 2.05) is 6.92 Å². The molecule has 0 bridgehead atoms. The molecule has 0 spiro atoms. The second-order valence-corrected chi connectivity index (χ2v) is 4.33. The Morgan fingerprint density at radius 1 is 1.39 bits per heavy atom. The van der Waals surface area contributed by atoms with Gasteiger partial charge in [0, 0.05) is 5.69 Å². The zero-order valence-electron chi connectivity index (χ0n) is 10.3. The van der Waals surface area contributed by atoms with Gasteiger partial charge < -0.3 is 5.32 Å². The Bertz CT molecular complexity index is 490. The number of anilines is 1. The highest BCUT2D eigenvalue weighted by atomic mass is 19.1. The molecule has 1 aliphatic heterocycles. The van der Waals surface area contributed by atoms with Crippen molar-refractivity contribution < 1.29 is 14.0 Å². The first kappa shape index (κ1) is 12.5. The lowest BCUT2D eigenvalue weighted by molar-refractivity contribution is -0.133. The molecule has 2 atom stereocenters. The molecule has 2 amide bonds. The zero-order chi connectivity index (χ0) is 13.3. The van der Waals surface area contributed by atoms with Crippen molar-refractivity contribution in [2.45, 2.75) is 32.4 Å². The molecular formula is C13H15FN2O2. The third-order valence-electron chi connectivity index (χ3n) is 3.11. The van der Waals surface area contributed by atoms with Crippen LogP contribution in [-0.2, 0) is 9.59 Å². The molecule has 1 aromatic carbocycles. The van der Waals surface area contributed by atoms with Gasteiger partial charge in [-0.3, -0.25) is 14.5 Å². The number of nitrogens with zero attached hydrogens (tertiary/aromatic N) is 1. The van der Waals surface area contributed by atoms with E-state index in [1.54, 1.807) is 13.0 Å². The molecular weight excluding hydrogens is 235 g/mol. The molecule has 0 radical (unpaired) electrons. The quantitative estimate of drug-likeness (QED) is 0.863. The number of nitrogens with one attached hydrogen (secondary N) is 1. The average Bonchev–Trinajstić information content (AvgIpc) is 2.34. The van der Waals surface area contributed by atoms with E-state index in [0.29, 0.717) is 12.1 Å². The summed E-state index contributed by atoms with van der Waals surface area (Å²) in [5, 5.41) is 2.66. The third-order valence-corrected chi connectivity index (χ3v) is 3.11. The SMILES string of the molecule is CCC1NC(=O)C(C)N(c2cccc(F)c2)C1=O. The first-order valence-corrected chi connectivity index (χ1v) is 5.93. The smallest absolute Gasteiger partial charge is 0.250 e. The van der Waals surface area contributed by atoms with E-state index < -0.39 is 17.9 Å². The summed E-state index contributed by atoms with van der Waals surface area (Å²) in [6.07, 6.45) is 0.517. The summed E-state index contributed by atoms with van der Waals surface area (Å²) in [5.74, 6) is -0.840. The Labute approximate surface area is 105 Å². The van der Waals surface area contributed by atoms with Crippen molar-refractivity contribution >= 4 is 17.5 Å². The van der Waals surface area contributed by atoms with Crippen LogP contribution in [0.1, 0.15) is 20.3 Å². The fourth-order valence-corrected chi connectivity index (χ4v) is 2.08. The number of rotatable bonds is 2. The lowest BCUT2D eigenvalue weighted by atomic mass is 10.1. The van der Waals surface area contributed by atoms with E-state index in [9.17, 15) is 14.0 Å². The summed E-state index contributed by atoms with van der Waals surface area (Å²) in [7, 11) is 0. The van der Waals surface area contributed by atoms with Crippen molar-refractivity contribution in [2.75, 3.05) is 4.90 Å². The number of halogens is 1. The van der Waals surface area contributed by atoms with Gasteiger partial charge in [-0.1, -0.05) is 13.0 Å². The van der Waals surface area contributed by atoms with Crippen molar-refractivity contribution in [3.63, 3.8) is 0 Å². The molecule has 1 aliphatic rings. The lowest BCUT2D eigenvalue weighted by Gasteiger charge is -2.37. The summed E-state index contributed by atoms with van der Waals surface area (Å²) in [5.41, 5.74) is 0.417. The van der Waals surface area contributed by atoms with Crippen LogP contribution in [0.4, 0.5) is 10.1 Å². The minimum absolute atomic E-state index is 0.199. The van der Waals surface area contributed by atoms with Crippen molar-refractivity contribution in [1.29, 1.82) is 0 Å². The molecule has 1 saturated heterocycles. The fraction of sp³-hybridized carbons (Fsp3) is 0.385. The second-order valence-electron chi connectivity index (χ2n) is 4.33. The molecule has 2 rings (SSSR count). The third kappa shape index (κ3) is 2.08. The van der Waals surface area contributed by atoms with Crippen LogP contribution in [0.3, 0.4) is 0 Å². The first-order valence-electron chi connectivity index (χ1n) is 5.93. The number of hydrogen-bond donors (Lipinski definition) is 1. The Kier molecular flexibility index (Phi) is 3.32. The van der Waals surface area contributed by atoms with Gasteiger partial charge in [-0.15, -0.1) is 0 Å². The van der Waals surface area contributed by atoms with Gasteiger partial charge in [0.05, 0.1) is 0 Å². The predicted octanol–water partition coefficient (Wildman–Crippen LogP) is 1.46. The van der Waals surface area contributed by atoms with Gasteiger partial charge in [0.15, 0.2) is 0 Å². The van der Waals surface area contributed by atoms with Crippen LogP contribution in [0.5, 0.6) is 0 Å². The topological polar surface area (TPSA) is 49.4 Å². The molecule has 0 saturated carbocycles. The lowest BCUT2D eigenvalue weighted by Crippen LogP contribution is -2.62. The van der Waals surface area contributed by atoms with Gasteiger partial charge in [0.2, 0.25) is 11.8 Å². The summed E-state index contributed by atoms with van der Waals surface area (Å²) in [6.45, 7) is 3.45. The monoisotopic (exact) mass is 250 g/mol. The van der Waals surface area contributed by atoms with Gasteiger partial charge in [-0.2, -0.15) is 0 Å². The molecule has 2 unspecified atom stereocenters. The van der Waals surface area contributed by atoms with E-state index in [0.717, 1.165) is 0 Å². The minimum atomic E-state index is -0.623. The number of benzene rings is 1. The van der Waals surface area contributed by atoms with Crippen molar-refractivity contribution in [1.82, 2.24) is 5.32 Å². The molecule has 1 N–H and O–H groups in total. The van der Waals surface area contributed by atoms with Crippen LogP contribution in [0.2, 0.25) is 0 Å². The summed E-state index contributed by atoms with van der Waals surface area (Å²) >= 11 is 0. The van der Waals surface area contributed by atoms with Crippen LogP contribution in [0.25, 0.3) is 0 Å². The fourth-order valence-electron chi connectivity index (χ4n) is 2.08. The van der Waals surface area contributed by atoms with Gasteiger partial charge in [0.25, 0.3) is 0 Å². The standard InChI is InChI=1S/C13H15FN2O2/c1-3-11-13(18)16(8(2)12(17)15-11)10-6-4-5-9(14)7-10/h4-8,11H,3H2,1-2H3,(H,15,17). The average molecular weight is 250 g/mol. The summed E-state index contributed by atoms with van der Waals surface area (Å²) in [6, 6.07) is 4.57. The summed E-state index contributed by atoms with van der Waals surface area (Å²) in [4.78, 5) is 25.3. The molecule has 0 aromatic heterocycles. The number of carbonyl (C=O) groups excluding carboxylic acids is 2. The largest absolute Gasteiger partial charge is 0.343 e. The highest BCUT2D eigenvalue weighted by molar-refractivity contribution is 6.08. The highest BCUT2D eigenvalue weighted by Gasteiger charge is 2.38. The van der Waals surface area contributed by atoms with Gasteiger partial charge in [0.1, 0.15) is 17.9 Å². The molecule has 4 nitrogen and oxygen atoms in total. The van der Waals surface area contributed by atoms with Crippen molar-refractivity contribution in [3.05, 3.63) is 30.1 Å². The second kappa shape index (κ2) is 4.76. The number of hydrogen-bond acceptors (Lipinski definition) is 2. The minimum Gasteiger partial charge on any atom is -0.343 e. The Balaban J connectivity index is 2.39. The van der Waals surface area contributed by atoms with Gasteiger partial charge >= 0.3 is 0 Å². The number of amides is 2.